The van der Waals surface area contributed by atoms with Crippen molar-refractivity contribution in [2.45, 2.75) is 6.47 Å². The molecule has 4 nitrogen and oxygen atoms in total. The number of methoxy groups -OCH3 is 2. The summed E-state index contributed by atoms with van der Waals surface area (Å²) < 4.78 is 9.22. The lowest BCUT2D eigenvalue weighted by Crippen LogP contribution is -2.38. The molecule has 20 heavy (non-hydrogen) atoms. The van der Waals surface area contributed by atoms with Crippen LogP contribution in [0.5, 0.6) is 0 Å². The molecule has 0 aromatic carbocycles. The van der Waals surface area contributed by atoms with Crippen LogP contribution in [0.2, 0.25) is 0 Å². The quantitative estimate of drug-likeness (QED) is 0.400. The lowest BCUT2D eigenvalue weighted by molar-refractivity contribution is -0.161. The number of ether oxygens (including phenoxy) is 2. The smallest absolute Gasteiger partial charge is 0.309 e. The number of carbonyl (C=O) groups is 2. The van der Waals surface area contributed by atoms with Gasteiger partial charge in [-0.3, -0.25) is 9.59 Å². The molecule has 8 heteroatoms. The first-order valence-electron chi connectivity index (χ1n) is 6.12. The molecule has 0 aliphatic heterocycles. The molecule has 3 fully saturated rings. The van der Waals surface area contributed by atoms with E-state index in [0.29, 0.717) is 0 Å². The molecule has 0 amide bonds. The van der Waals surface area contributed by atoms with Gasteiger partial charge in [0, 0.05) is 11.8 Å². The number of fused-ring (bicyclic) bond motifs is 3. The van der Waals surface area contributed by atoms with Crippen LogP contribution in [-0.2, 0) is 19.1 Å². The third-order valence-corrected chi connectivity index (χ3v) is 9.06. The summed E-state index contributed by atoms with van der Waals surface area (Å²) in [6.45, 7) is 0. The highest BCUT2D eigenvalue weighted by Gasteiger charge is 2.86. The zero-order valence-electron chi connectivity index (χ0n) is 10.6. The van der Waals surface area contributed by atoms with E-state index in [9.17, 15) is 9.59 Å². The van der Waals surface area contributed by atoms with Crippen LogP contribution >= 0.6 is 63.7 Å². The Labute approximate surface area is 150 Å². The van der Waals surface area contributed by atoms with E-state index in [2.05, 4.69) is 63.7 Å². The van der Waals surface area contributed by atoms with Crippen molar-refractivity contribution in [1.29, 1.82) is 0 Å². The van der Waals surface area contributed by atoms with Gasteiger partial charge in [0.1, 0.15) is 0 Å². The van der Waals surface area contributed by atoms with Crippen molar-refractivity contribution in [2.24, 2.45) is 35.5 Å². The van der Waals surface area contributed by atoms with Crippen molar-refractivity contribution in [3.63, 3.8) is 0 Å². The Bertz CT molecular complexity index is 448. The van der Waals surface area contributed by atoms with E-state index in [1.165, 1.54) is 14.2 Å². The molecule has 6 atom stereocenters. The number of esters is 2. The van der Waals surface area contributed by atoms with Gasteiger partial charge in [-0.25, -0.2) is 0 Å². The summed E-state index contributed by atoms with van der Waals surface area (Å²) in [5, 5.41) is 0. The van der Waals surface area contributed by atoms with E-state index >= 15 is 0 Å². The molecule has 0 saturated heterocycles. The molecule has 0 bridgehead atoms. The lowest BCUT2D eigenvalue weighted by Gasteiger charge is -2.26. The van der Waals surface area contributed by atoms with E-state index in [0.717, 1.165) is 0 Å². The topological polar surface area (TPSA) is 52.6 Å². The van der Waals surface area contributed by atoms with Gasteiger partial charge < -0.3 is 9.47 Å². The predicted molar refractivity (Wildman–Crippen MR) is 86.1 cm³/mol. The second kappa shape index (κ2) is 4.68. The summed E-state index contributed by atoms with van der Waals surface area (Å²) in [6.07, 6.45) is 0. The zero-order valence-corrected chi connectivity index (χ0v) is 17.0. The number of hydrogen-bond donors (Lipinski definition) is 0. The Kier molecular flexibility index (Phi) is 3.68. The first-order valence-corrected chi connectivity index (χ1v) is 9.29. The fourth-order valence-electron chi connectivity index (χ4n) is 3.91. The molecule has 6 unspecified atom stereocenters. The Morgan fingerprint density at radius 1 is 0.750 bits per heavy atom. The highest BCUT2D eigenvalue weighted by Crippen LogP contribution is 2.85. The van der Waals surface area contributed by atoms with E-state index in [1.54, 1.807) is 0 Å². The van der Waals surface area contributed by atoms with Gasteiger partial charge in [0.15, 0.2) is 0 Å². The van der Waals surface area contributed by atoms with Crippen LogP contribution in [0.15, 0.2) is 0 Å². The monoisotopic (exact) mass is 536 g/mol. The molecule has 3 saturated carbocycles. The summed E-state index contributed by atoms with van der Waals surface area (Å²) in [5.41, 5.74) is 0. The summed E-state index contributed by atoms with van der Waals surface area (Å²) in [7, 11) is 2.71. The van der Waals surface area contributed by atoms with Crippen molar-refractivity contribution < 1.29 is 19.1 Å². The minimum Gasteiger partial charge on any atom is -0.469 e. The summed E-state index contributed by atoms with van der Waals surface area (Å²) in [6, 6.07) is 0. The lowest BCUT2D eigenvalue weighted by atomic mass is 9.78. The van der Waals surface area contributed by atoms with Crippen LogP contribution in [-0.4, -0.2) is 32.6 Å². The van der Waals surface area contributed by atoms with Crippen LogP contribution < -0.4 is 0 Å². The minimum absolute atomic E-state index is 0.0253. The standard InChI is InChI=1S/C12H12Br4O4/c1-19-9(17)3-4(10(18)20-2)6-8(12(6,15)16)7-5(3)11(7,13)14/h3-8H,1-2H3. The molecule has 0 heterocycles. The Morgan fingerprint density at radius 2 is 1.05 bits per heavy atom. The fraction of sp³-hybridized carbons (Fsp3) is 0.833. The Morgan fingerprint density at radius 3 is 1.30 bits per heavy atom. The van der Waals surface area contributed by atoms with E-state index in [-0.39, 0.29) is 42.1 Å². The van der Waals surface area contributed by atoms with E-state index < -0.39 is 11.8 Å². The summed E-state index contributed by atoms with van der Waals surface area (Å²) in [4.78, 5) is 24.4. The molecule has 0 aromatic heterocycles. The van der Waals surface area contributed by atoms with Gasteiger partial charge in [0.25, 0.3) is 0 Å². The maximum absolute atomic E-state index is 12.2. The van der Waals surface area contributed by atoms with Gasteiger partial charge >= 0.3 is 11.9 Å². The first kappa shape index (κ1) is 15.7. The number of carbonyl (C=O) groups excluding carboxylic acids is 2. The molecule has 3 rings (SSSR count). The largest absolute Gasteiger partial charge is 0.469 e. The summed E-state index contributed by atoms with van der Waals surface area (Å²) >= 11 is 14.6. The van der Waals surface area contributed by atoms with Crippen LogP contribution in [0.3, 0.4) is 0 Å². The minimum atomic E-state index is -0.491. The summed E-state index contributed by atoms with van der Waals surface area (Å²) in [5.74, 6) is -1.08. The number of alkyl halides is 4. The van der Waals surface area contributed by atoms with E-state index in [4.69, 9.17) is 9.47 Å². The average Bonchev–Trinajstić information content (AvgIpc) is 3.17. The second-order valence-corrected chi connectivity index (χ2v) is 12.9. The van der Waals surface area contributed by atoms with Crippen molar-refractivity contribution in [2.75, 3.05) is 14.2 Å². The first-order chi connectivity index (χ1) is 9.21. The number of hydrogen-bond acceptors (Lipinski definition) is 4. The van der Waals surface area contributed by atoms with Gasteiger partial charge in [-0.2, -0.15) is 0 Å². The molecular weight excluding hydrogens is 528 g/mol. The highest BCUT2D eigenvalue weighted by molar-refractivity contribution is 9.26. The van der Waals surface area contributed by atoms with Crippen LogP contribution in [0.1, 0.15) is 0 Å². The van der Waals surface area contributed by atoms with Crippen LogP contribution in [0.4, 0.5) is 0 Å². The van der Waals surface area contributed by atoms with Crippen LogP contribution in [0, 0.1) is 35.5 Å². The van der Waals surface area contributed by atoms with Gasteiger partial charge in [-0.15, -0.1) is 0 Å². The van der Waals surface area contributed by atoms with Crippen LogP contribution in [0.25, 0.3) is 0 Å². The van der Waals surface area contributed by atoms with Crippen molar-refractivity contribution in [1.82, 2.24) is 0 Å². The molecule has 0 aromatic rings. The maximum Gasteiger partial charge on any atom is 0.309 e. The van der Waals surface area contributed by atoms with Crippen molar-refractivity contribution in [3.8, 4) is 0 Å². The Balaban J connectivity index is 2.02. The van der Waals surface area contributed by atoms with Gasteiger partial charge in [-0.05, 0) is 11.8 Å². The predicted octanol–water partition coefficient (Wildman–Crippen LogP) is 3.04. The second-order valence-electron chi connectivity index (χ2n) is 5.55. The SMILES string of the molecule is COC(=O)C1C(C(=O)OC)C2C(C3C1C3(Br)Br)C2(Br)Br. The fourth-order valence-corrected chi connectivity index (χ4v) is 7.93. The molecule has 0 spiro atoms. The number of rotatable bonds is 2. The third-order valence-electron chi connectivity index (χ3n) is 4.83. The molecular formula is C12H12Br4O4. The number of halogens is 4. The third kappa shape index (κ3) is 1.86. The normalized spacial score (nSPS) is 45.7. The van der Waals surface area contributed by atoms with Gasteiger partial charge in [0.05, 0.1) is 32.5 Å². The molecule has 3 aliphatic rings. The molecule has 112 valence electrons. The maximum atomic E-state index is 12.2. The van der Waals surface area contributed by atoms with E-state index in [1.807, 2.05) is 0 Å². The zero-order chi connectivity index (χ0) is 15.0. The van der Waals surface area contributed by atoms with Crippen molar-refractivity contribution >= 4 is 75.7 Å². The average molecular weight is 540 g/mol. The highest BCUT2D eigenvalue weighted by atomic mass is 79.9. The van der Waals surface area contributed by atoms with Gasteiger partial charge in [-0.1, -0.05) is 63.7 Å². The molecule has 0 radical (unpaired) electrons. The van der Waals surface area contributed by atoms with Crippen molar-refractivity contribution in [3.05, 3.63) is 0 Å². The van der Waals surface area contributed by atoms with Gasteiger partial charge in [0.2, 0.25) is 0 Å². The Hall–Kier alpha value is 0.860. The molecule has 0 N–H and O–H groups in total. The molecule has 3 aliphatic carbocycles.